The van der Waals surface area contributed by atoms with Crippen molar-refractivity contribution in [3.63, 3.8) is 0 Å². The van der Waals surface area contributed by atoms with Gasteiger partial charge in [0.2, 0.25) is 0 Å². The van der Waals surface area contributed by atoms with Crippen LogP contribution < -0.4 is 5.32 Å². The van der Waals surface area contributed by atoms with Crippen LogP contribution in [0.3, 0.4) is 0 Å². The summed E-state index contributed by atoms with van der Waals surface area (Å²) in [6, 6.07) is 14.0. The van der Waals surface area contributed by atoms with Gasteiger partial charge in [0.25, 0.3) is 0 Å². The van der Waals surface area contributed by atoms with E-state index in [0.717, 1.165) is 34.8 Å². The highest BCUT2D eigenvalue weighted by Gasteiger charge is 2.03. The molecule has 2 N–H and O–H groups in total. The van der Waals surface area contributed by atoms with Crippen molar-refractivity contribution in [1.29, 1.82) is 0 Å². The highest BCUT2D eigenvalue weighted by atomic mass is 35.5. The second-order valence-corrected chi connectivity index (χ2v) is 5.27. The summed E-state index contributed by atoms with van der Waals surface area (Å²) >= 11 is 5.97. The third-order valence-electron chi connectivity index (χ3n) is 3.32. The smallest absolute Gasteiger partial charge is 0.108 e. The number of halogens is 1. The van der Waals surface area contributed by atoms with Gasteiger partial charge in [-0.15, -0.1) is 0 Å². The summed E-state index contributed by atoms with van der Waals surface area (Å²) in [6.07, 6.45) is 0.848. The van der Waals surface area contributed by atoms with Gasteiger partial charge >= 0.3 is 0 Å². The maximum atomic E-state index is 5.97. The van der Waals surface area contributed by atoms with Crippen molar-refractivity contribution in [1.82, 2.24) is 9.97 Å². The Labute approximate surface area is 123 Å². The summed E-state index contributed by atoms with van der Waals surface area (Å²) in [6.45, 7) is 2.95. The molecule has 0 amide bonds. The molecule has 0 spiro atoms. The second kappa shape index (κ2) is 5.55. The Bertz CT molecular complexity index is 733. The summed E-state index contributed by atoms with van der Waals surface area (Å²) in [5.41, 5.74) is 4.37. The first-order valence-corrected chi connectivity index (χ1v) is 7.04. The van der Waals surface area contributed by atoms with Crippen LogP contribution in [-0.2, 0) is 6.42 Å². The first kappa shape index (κ1) is 13.0. The standard InChI is InChI=1S/C16H16ClN3/c1-11-4-2-3-5-13(11)18-9-8-16-19-14-7-6-12(17)10-15(14)20-16/h2-7,10,18H,8-9H2,1H3,(H,19,20). The number of H-pyrrole nitrogens is 1. The quantitative estimate of drug-likeness (QED) is 0.755. The lowest BCUT2D eigenvalue weighted by Crippen LogP contribution is -2.06. The van der Waals surface area contributed by atoms with Crippen molar-refractivity contribution in [3.8, 4) is 0 Å². The summed E-state index contributed by atoms with van der Waals surface area (Å²) in [7, 11) is 0. The Kier molecular flexibility index (Phi) is 3.61. The molecule has 0 bridgehead atoms. The summed E-state index contributed by atoms with van der Waals surface area (Å²) < 4.78 is 0. The number of nitrogens with zero attached hydrogens (tertiary/aromatic N) is 1. The molecule has 3 aromatic rings. The van der Waals surface area contributed by atoms with Gasteiger partial charge in [0.15, 0.2) is 0 Å². The minimum atomic E-state index is 0.728. The number of rotatable bonds is 4. The minimum absolute atomic E-state index is 0.728. The van der Waals surface area contributed by atoms with E-state index in [9.17, 15) is 0 Å². The topological polar surface area (TPSA) is 40.7 Å². The van der Waals surface area contributed by atoms with Crippen LogP contribution in [0.1, 0.15) is 11.4 Å². The SMILES string of the molecule is Cc1ccccc1NCCc1nc2ccc(Cl)cc2[nH]1. The molecule has 4 heteroatoms. The number of aromatic amines is 1. The Morgan fingerprint density at radius 2 is 2.05 bits per heavy atom. The Morgan fingerprint density at radius 3 is 2.90 bits per heavy atom. The van der Waals surface area contributed by atoms with Crippen molar-refractivity contribution < 1.29 is 0 Å². The molecular formula is C16H16ClN3. The summed E-state index contributed by atoms with van der Waals surface area (Å²) in [5, 5.41) is 4.16. The fourth-order valence-corrected chi connectivity index (χ4v) is 2.41. The molecule has 0 saturated heterocycles. The van der Waals surface area contributed by atoms with Crippen LogP contribution in [0.15, 0.2) is 42.5 Å². The average molecular weight is 286 g/mol. The van der Waals surface area contributed by atoms with Gasteiger partial charge in [0, 0.05) is 23.7 Å². The van der Waals surface area contributed by atoms with Crippen LogP contribution in [0.5, 0.6) is 0 Å². The number of fused-ring (bicyclic) bond motifs is 1. The fraction of sp³-hybridized carbons (Fsp3) is 0.188. The normalized spacial score (nSPS) is 10.9. The van der Waals surface area contributed by atoms with E-state index in [-0.39, 0.29) is 0 Å². The summed E-state index contributed by atoms with van der Waals surface area (Å²) in [5.74, 6) is 0.975. The molecule has 0 atom stereocenters. The zero-order valence-electron chi connectivity index (χ0n) is 11.3. The van der Waals surface area contributed by atoms with E-state index >= 15 is 0 Å². The molecule has 102 valence electrons. The number of nitrogens with one attached hydrogen (secondary N) is 2. The monoisotopic (exact) mass is 285 g/mol. The molecule has 3 nitrogen and oxygen atoms in total. The number of para-hydroxylation sites is 1. The van der Waals surface area contributed by atoms with Crippen molar-refractivity contribution in [2.75, 3.05) is 11.9 Å². The molecule has 1 heterocycles. The van der Waals surface area contributed by atoms with Gasteiger partial charge in [-0.3, -0.25) is 0 Å². The van der Waals surface area contributed by atoms with Crippen LogP contribution >= 0.6 is 11.6 Å². The predicted molar refractivity (Wildman–Crippen MR) is 84.5 cm³/mol. The van der Waals surface area contributed by atoms with E-state index in [2.05, 4.69) is 34.3 Å². The molecule has 1 aromatic heterocycles. The molecule has 3 rings (SSSR count). The first-order valence-electron chi connectivity index (χ1n) is 6.66. The van der Waals surface area contributed by atoms with Gasteiger partial charge in [-0.05, 0) is 36.8 Å². The van der Waals surface area contributed by atoms with Crippen LogP contribution in [-0.4, -0.2) is 16.5 Å². The van der Waals surface area contributed by atoms with Gasteiger partial charge in [0.1, 0.15) is 5.82 Å². The minimum Gasteiger partial charge on any atom is -0.384 e. The van der Waals surface area contributed by atoms with Crippen molar-refractivity contribution in [2.45, 2.75) is 13.3 Å². The molecule has 0 aliphatic heterocycles. The Balaban J connectivity index is 1.67. The van der Waals surface area contributed by atoms with Gasteiger partial charge < -0.3 is 10.3 Å². The number of hydrogen-bond acceptors (Lipinski definition) is 2. The van der Waals surface area contributed by atoms with Gasteiger partial charge in [-0.25, -0.2) is 4.98 Å². The van der Waals surface area contributed by atoms with Crippen LogP contribution in [0.4, 0.5) is 5.69 Å². The first-order chi connectivity index (χ1) is 9.72. The van der Waals surface area contributed by atoms with E-state index in [1.54, 1.807) is 0 Å². The van der Waals surface area contributed by atoms with Gasteiger partial charge in [0.05, 0.1) is 11.0 Å². The molecule has 0 radical (unpaired) electrons. The Hall–Kier alpha value is -2.00. The largest absolute Gasteiger partial charge is 0.384 e. The number of imidazole rings is 1. The van der Waals surface area contributed by atoms with E-state index in [0.29, 0.717) is 0 Å². The predicted octanol–water partition coefficient (Wildman–Crippen LogP) is 4.18. The van der Waals surface area contributed by atoms with E-state index in [1.807, 2.05) is 30.3 Å². The molecular weight excluding hydrogens is 270 g/mol. The lowest BCUT2D eigenvalue weighted by Gasteiger charge is -2.07. The fourth-order valence-electron chi connectivity index (χ4n) is 2.24. The van der Waals surface area contributed by atoms with Crippen LogP contribution in [0.2, 0.25) is 5.02 Å². The van der Waals surface area contributed by atoms with Crippen LogP contribution in [0, 0.1) is 6.92 Å². The highest BCUT2D eigenvalue weighted by Crippen LogP contribution is 2.17. The molecule has 20 heavy (non-hydrogen) atoms. The third-order valence-corrected chi connectivity index (χ3v) is 3.55. The number of aryl methyl sites for hydroxylation is 1. The zero-order chi connectivity index (χ0) is 13.9. The maximum Gasteiger partial charge on any atom is 0.108 e. The number of aromatic nitrogens is 2. The van der Waals surface area contributed by atoms with Gasteiger partial charge in [-0.2, -0.15) is 0 Å². The van der Waals surface area contributed by atoms with Gasteiger partial charge in [-0.1, -0.05) is 29.8 Å². The van der Waals surface area contributed by atoms with Crippen molar-refractivity contribution >= 4 is 28.3 Å². The van der Waals surface area contributed by atoms with E-state index < -0.39 is 0 Å². The highest BCUT2D eigenvalue weighted by molar-refractivity contribution is 6.31. The van der Waals surface area contributed by atoms with E-state index in [1.165, 1.54) is 11.3 Å². The molecule has 0 unspecified atom stereocenters. The van der Waals surface area contributed by atoms with Crippen molar-refractivity contribution in [2.24, 2.45) is 0 Å². The molecule has 0 aliphatic carbocycles. The second-order valence-electron chi connectivity index (χ2n) is 4.84. The third kappa shape index (κ3) is 2.78. The Morgan fingerprint density at radius 1 is 1.20 bits per heavy atom. The number of anilines is 1. The van der Waals surface area contributed by atoms with E-state index in [4.69, 9.17) is 11.6 Å². The van der Waals surface area contributed by atoms with Crippen LogP contribution in [0.25, 0.3) is 11.0 Å². The molecule has 2 aromatic carbocycles. The maximum absolute atomic E-state index is 5.97. The molecule has 0 fully saturated rings. The summed E-state index contributed by atoms with van der Waals surface area (Å²) in [4.78, 5) is 7.85. The molecule has 0 saturated carbocycles. The zero-order valence-corrected chi connectivity index (χ0v) is 12.0. The van der Waals surface area contributed by atoms with Crippen molar-refractivity contribution in [3.05, 3.63) is 58.9 Å². The number of benzene rings is 2. The number of hydrogen-bond donors (Lipinski definition) is 2. The average Bonchev–Trinajstić information content (AvgIpc) is 2.83. The lowest BCUT2D eigenvalue weighted by molar-refractivity contribution is 0.933. The lowest BCUT2D eigenvalue weighted by atomic mass is 10.2. The molecule has 0 aliphatic rings.